The highest BCUT2D eigenvalue weighted by molar-refractivity contribution is 6.02. The number of benzene rings is 2. The van der Waals surface area contributed by atoms with E-state index in [1.165, 1.54) is 7.11 Å². The number of ether oxygens (including phenoxy) is 2. The molecule has 126 valence electrons. The third-order valence-electron chi connectivity index (χ3n) is 3.87. The van der Waals surface area contributed by atoms with Crippen molar-refractivity contribution in [3.8, 4) is 5.75 Å². The van der Waals surface area contributed by atoms with Gasteiger partial charge in [-0.1, -0.05) is 29.3 Å². The summed E-state index contributed by atoms with van der Waals surface area (Å²) in [6.45, 7) is 7.34. The molecule has 0 aromatic heterocycles. The van der Waals surface area contributed by atoms with Crippen molar-refractivity contribution in [3.05, 3.63) is 63.7 Å². The van der Waals surface area contributed by atoms with Crippen LogP contribution in [0.3, 0.4) is 0 Å². The predicted molar refractivity (Wildman–Crippen MR) is 93.0 cm³/mol. The Bertz CT molecular complexity index is 767. The number of carbonyl (C=O) groups excluding carboxylic acids is 2. The number of Topliss-reactive ketones (excluding diaryl/α,β-unsaturated/α-hetero) is 1. The van der Waals surface area contributed by atoms with E-state index in [4.69, 9.17) is 9.47 Å². The van der Waals surface area contributed by atoms with Gasteiger partial charge < -0.3 is 9.47 Å². The first-order valence-corrected chi connectivity index (χ1v) is 7.76. The van der Waals surface area contributed by atoms with Gasteiger partial charge in [-0.25, -0.2) is 4.79 Å². The topological polar surface area (TPSA) is 52.6 Å². The summed E-state index contributed by atoms with van der Waals surface area (Å²) in [5.74, 6) is -0.336. The van der Waals surface area contributed by atoms with E-state index in [1.54, 1.807) is 12.1 Å². The SMILES string of the molecule is COc1ccc(C)cc1C(=O)OCC(=O)c1c(C)cc(C)cc1C. The van der Waals surface area contributed by atoms with Crippen LogP contribution in [0.1, 0.15) is 43.0 Å². The van der Waals surface area contributed by atoms with Gasteiger partial charge >= 0.3 is 5.97 Å². The number of aryl methyl sites for hydroxylation is 4. The van der Waals surface area contributed by atoms with E-state index < -0.39 is 5.97 Å². The maximum atomic E-state index is 12.4. The maximum absolute atomic E-state index is 12.4. The molecule has 0 radical (unpaired) electrons. The number of methoxy groups -OCH3 is 1. The fourth-order valence-corrected chi connectivity index (χ4v) is 2.88. The van der Waals surface area contributed by atoms with Gasteiger partial charge in [0.2, 0.25) is 5.78 Å². The number of esters is 1. The average molecular weight is 326 g/mol. The molecule has 0 amide bonds. The van der Waals surface area contributed by atoms with Gasteiger partial charge in [0.05, 0.1) is 7.11 Å². The highest BCUT2D eigenvalue weighted by Crippen LogP contribution is 2.21. The van der Waals surface area contributed by atoms with Gasteiger partial charge in [0.15, 0.2) is 6.61 Å². The van der Waals surface area contributed by atoms with E-state index in [1.807, 2.05) is 45.9 Å². The molecule has 0 atom stereocenters. The molecule has 0 fully saturated rings. The molecule has 4 heteroatoms. The van der Waals surface area contributed by atoms with Crippen LogP contribution in [0.15, 0.2) is 30.3 Å². The van der Waals surface area contributed by atoms with Gasteiger partial charge in [0.1, 0.15) is 11.3 Å². The second-order valence-corrected chi connectivity index (χ2v) is 5.98. The molecule has 2 aromatic rings. The molecule has 0 saturated heterocycles. The zero-order chi connectivity index (χ0) is 17.9. The smallest absolute Gasteiger partial charge is 0.342 e. The van der Waals surface area contributed by atoms with Crippen LogP contribution in [-0.4, -0.2) is 25.5 Å². The van der Waals surface area contributed by atoms with Crippen molar-refractivity contribution in [2.45, 2.75) is 27.7 Å². The van der Waals surface area contributed by atoms with Crippen LogP contribution in [0.2, 0.25) is 0 Å². The van der Waals surface area contributed by atoms with Crippen LogP contribution in [0.4, 0.5) is 0 Å². The van der Waals surface area contributed by atoms with Crippen molar-refractivity contribution in [2.24, 2.45) is 0 Å². The second-order valence-electron chi connectivity index (χ2n) is 5.98. The third kappa shape index (κ3) is 3.82. The molecule has 24 heavy (non-hydrogen) atoms. The lowest BCUT2D eigenvalue weighted by molar-refractivity contribution is 0.0471. The standard InChI is InChI=1S/C20H22O4/c1-12-6-7-18(23-5)16(10-12)20(22)24-11-17(21)19-14(3)8-13(2)9-15(19)4/h6-10H,11H2,1-5H3. The van der Waals surface area contributed by atoms with Crippen LogP contribution in [0.5, 0.6) is 5.75 Å². The molecule has 0 heterocycles. The van der Waals surface area contributed by atoms with Gasteiger partial charge in [-0.05, 0) is 51.0 Å². The van der Waals surface area contributed by atoms with E-state index in [2.05, 4.69) is 0 Å². The van der Waals surface area contributed by atoms with Gasteiger partial charge in [-0.15, -0.1) is 0 Å². The Morgan fingerprint density at radius 1 is 0.917 bits per heavy atom. The van der Waals surface area contributed by atoms with Crippen molar-refractivity contribution >= 4 is 11.8 Å². The van der Waals surface area contributed by atoms with Crippen molar-refractivity contribution in [2.75, 3.05) is 13.7 Å². The third-order valence-corrected chi connectivity index (χ3v) is 3.87. The molecule has 2 aromatic carbocycles. The van der Waals surface area contributed by atoms with Gasteiger partial charge in [0, 0.05) is 5.56 Å². The first-order valence-electron chi connectivity index (χ1n) is 7.76. The Hall–Kier alpha value is -2.62. The molecule has 2 rings (SSSR count). The molecule has 0 saturated carbocycles. The van der Waals surface area contributed by atoms with Crippen LogP contribution in [0, 0.1) is 27.7 Å². The minimum Gasteiger partial charge on any atom is -0.496 e. The van der Waals surface area contributed by atoms with Crippen LogP contribution in [0.25, 0.3) is 0 Å². The Morgan fingerprint density at radius 3 is 2.12 bits per heavy atom. The molecule has 0 spiro atoms. The molecular weight excluding hydrogens is 304 g/mol. The molecular formula is C20H22O4. The predicted octanol–water partition coefficient (Wildman–Crippen LogP) is 3.97. The second kappa shape index (κ2) is 7.30. The molecule has 0 aliphatic rings. The normalized spacial score (nSPS) is 10.4. The van der Waals surface area contributed by atoms with Crippen LogP contribution >= 0.6 is 0 Å². The number of hydrogen-bond acceptors (Lipinski definition) is 4. The van der Waals surface area contributed by atoms with Crippen molar-refractivity contribution < 1.29 is 19.1 Å². The van der Waals surface area contributed by atoms with E-state index in [9.17, 15) is 9.59 Å². The van der Waals surface area contributed by atoms with Gasteiger partial charge in [-0.2, -0.15) is 0 Å². The van der Waals surface area contributed by atoms with E-state index in [0.29, 0.717) is 16.9 Å². The highest BCUT2D eigenvalue weighted by atomic mass is 16.5. The minimum absolute atomic E-state index is 0.204. The summed E-state index contributed by atoms with van der Waals surface area (Å²) in [6, 6.07) is 9.15. The number of hydrogen-bond donors (Lipinski definition) is 0. The zero-order valence-electron chi connectivity index (χ0n) is 14.7. The highest BCUT2D eigenvalue weighted by Gasteiger charge is 2.18. The summed E-state index contributed by atoms with van der Waals surface area (Å²) in [5.41, 5.74) is 4.73. The maximum Gasteiger partial charge on any atom is 0.342 e. The van der Waals surface area contributed by atoms with Crippen LogP contribution in [-0.2, 0) is 4.74 Å². The molecule has 4 nitrogen and oxygen atoms in total. The minimum atomic E-state index is -0.564. The zero-order valence-corrected chi connectivity index (χ0v) is 14.7. The lowest BCUT2D eigenvalue weighted by Gasteiger charge is -2.12. The lowest BCUT2D eigenvalue weighted by atomic mass is 9.97. The first-order chi connectivity index (χ1) is 11.3. The average Bonchev–Trinajstić information content (AvgIpc) is 2.51. The summed E-state index contributed by atoms with van der Waals surface area (Å²) in [6.07, 6.45) is 0. The van der Waals surface area contributed by atoms with E-state index >= 15 is 0 Å². The lowest BCUT2D eigenvalue weighted by Crippen LogP contribution is -2.17. The van der Waals surface area contributed by atoms with Crippen molar-refractivity contribution in [3.63, 3.8) is 0 Å². The molecule has 0 N–H and O–H groups in total. The van der Waals surface area contributed by atoms with Gasteiger partial charge in [0.25, 0.3) is 0 Å². The number of rotatable bonds is 5. The monoisotopic (exact) mass is 326 g/mol. The van der Waals surface area contributed by atoms with Crippen LogP contribution < -0.4 is 4.74 Å². The van der Waals surface area contributed by atoms with Crippen molar-refractivity contribution in [1.82, 2.24) is 0 Å². The largest absolute Gasteiger partial charge is 0.496 e. The Morgan fingerprint density at radius 2 is 1.54 bits per heavy atom. The first kappa shape index (κ1) is 17.7. The van der Waals surface area contributed by atoms with Crippen molar-refractivity contribution in [1.29, 1.82) is 0 Å². The number of ketones is 1. The summed E-state index contributed by atoms with van der Waals surface area (Å²) in [5, 5.41) is 0. The fraction of sp³-hybridized carbons (Fsp3) is 0.300. The summed E-state index contributed by atoms with van der Waals surface area (Å²) in [4.78, 5) is 24.7. The summed E-state index contributed by atoms with van der Waals surface area (Å²) in [7, 11) is 1.49. The quantitative estimate of drug-likeness (QED) is 0.616. The summed E-state index contributed by atoms with van der Waals surface area (Å²) < 4.78 is 10.4. The van der Waals surface area contributed by atoms with E-state index in [-0.39, 0.29) is 12.4 Å². The molecule has 0 aliphatic carbocycles. The number of carbonyl (C=O) groups is 2. The Labute approximate surface area is 142 Å². The summed E-state index contributed by atoms with van der Waals surface area (Å²) >= 11 is 0. The Kier molecular flexibility index (Phi) is 5.39. The Balaban J connectivity index is 2.15. The molecule has 0 unspecified atom stereocenters. The molecule has 0 bridgehead atoms. The fourth-order valence-electron chi connectivity index (χ4n) is 2.88. The van der Waals surface area contributed by atoms with Gasteiger partial charge in [-0.3, -0.25) is 4.79 Å². The van der Waals surface area contributed by atoms with E-state index in [0.717, 1.165) is 22.3 Å². The molecule has 0 aliphatic heterocycles.